The molecule has 3 heterocycles. The lowest BCUT2D eigenvalue weighted by molar-refractivity contribution is -0.139. The number of carbonyl (C=O) groups excluding carboxylic acids is 1. The van der Waals surface area contributed by atoms with Crippen molar-refractivity contribution in [2.75, 3.05) is 13.2 Å². The summed E-state index contributed by atoms with van der Waals surface area (Å²) in [6, 6.07) is 6.97. The van der Waals surface area contributed by atoms with E-state index in [-0.39, 0.29) is 12.3 Å². The smallest absolute Gasteiger partial charge is 0.305 e. The van der Waals surface area contributed by atoms with Gasteiger partial charge in [-0.1, -0.05) is 0 Å². The Morgan fingerprint density at radius 2 is 2.04 bits per heavy atom. The molecule has 7 nitrogen and oxygen atoms in total. The van der Waals surface area contributed by atoms with Gasteiger partial charge in [-0.3, -0.25) is 9.59 Å². The van der Waals surface area contributed by atoms with Crippen molar-refractivity contribution < 1.29 is 23.8 Å². The van der Waals surface area contributed by atoms with Crippen LogP contribution >= 0.6 is 0 Å². The number of furan rings is 1. The van der Waals surface area contributed by atoms with Gasteiger partial charge < -0.3 is 19.6 Å². The van der Waals surface area contributed by atoms with E-state index in [9.17, 15) is 14.7 Å². The van der Waals surface area contributed by atoms with Gasteiger partial charge in [0.2, 0.25) is 0 Å². The zero-order chi connectivity index (χ0) is 17.9. The van der Waals surface area contributed by atoms with E-state index in [0.29, 0.717) is 48.8 Å². The number of nitrogens with one attached hydrogen (secondary N) is 1. The fourth-order valence-electron chi connectivity index (χ4n) is 3.07. The fraction of sp³-hybridized carbons (Fsp3) is 0.389. The molecule has 1 fully saturated rings. The highest BCUT2D eigenvalue weighted by atomic mass is 16.5. The maximum absolute atomic E-state index is 12.7. The van der Waals surface area contributed by atoms with Crippen LogP contribution in [0.3, 0.4) is 0 Å². The van der Waals surface area contributed by atoms with E-state index in [2.05, 4.69) is 10.3 Å². The van der Waals surface area contributed by atoms with E-state index in [0.717, 1.165) is 0 Å². The largest absolute Gasteiger partial charge is 0.481 e. The van der Waals surface area contributed by atoms with Crippen LogP contribution in [0.2, 0.25) is 0 Å². The number of aliphatic carboxylic acids is 1. The van der Waals surface area contributed by atoms with Crippen LogP contribution in [-0.4, -0.2) is 40.7 Å². The molecule has 0 aromatic carbocycles. The maximum atomic E-state index is 12.7. The van der Waals surface area contributed by atoms with Crippen LogP contribution in [0.5, 0.6) is 0 Å². The highest BCUT2D eigenvalue weighted by Crippen LogP contribution is 2.26. The Morgan fingerprint density at radius 3 is 2.64 bits per heavy atom. The van der Waals surface area contributed by atoms with Gasteiger partial charge in [-0.25, -0.2) is 4.98 Å². The summed E-state index contributed by atoms with van der Waals surface area (Å²) in [6.07, 6.45) is 2.39. The second-order valence-electron chi connectivity index (χ2n) is 6.22. The van der Waals surface area contributed by atoms with Crippen LogP contribution in [0.4, 0.5) is 0 Å². The van der Waals surface area contributed by atoms with E-state index >= 15 is 0 Å². The zero-order valence-corrected chi connectivity index (χ0v) is 13.9. The molecular formula is C18H20N2O5. The van der Waals surface area contributed by atoms with Gasteiger partial charge in [0.25, 0.3) is 5.91 Å². The Labute approximate surface area is 145 Å². The molecule has 0 atom stereocenters. The van der Waals surface area contributed by atoms with Crippen molar-refractivity contribution in [3.8, 4) is 11.5 Å². The Kier molecular flexibility index (Phi) is 4.85. The van der Waals surface area contributed by atoms with E-state index in [4.69, 9.17) is 9.15 Å². The summed E-state index contributed by atoms with van der Waals surface area (Å²) in [7, 11) is 0. The number of rotatable bonds is 5. The lowest BCUT2D eigenvalue weighted by atomic mass is 9.86. The molecule has 25 heavy (non-hydrogen) atoms. The summed E-state index contributed by atoms with van der Waals surface area (Å²) in [5.41, 5.74) is 0.841. The first-order chi connectivity index (χ1) is 12.0. The van der Waals surface area contributed by atoms with Crippen LogP contribution in [0.25, 0.3) is 11.5 Å². The molecule has 1 aliphatic rings. The molecule has 2 aromatic heterocycles. The Balaban J connectivity index is 1.81. The number of amides is 1. The summed E-state index contributed by atoms with van der Waals surface area (Å²) in [6.45, 7) is 2.61. The number of carboxylic acids is 1. The molecule has 1 amide bonds. The third kappa shape index (κ3) is 3.88. The number of pyridine rings is 1. The molecule has 0 saturated carbocycles. The predicted octanol–water partition coefficient (Wildman–Crippen LogP) is 2.40. The summed E-state index contributed by atoms with van der Waals surface area (Å²) < 4.78 is 10.6. The lowest BCUT2D eigenvalue weighted by Gasteiger charge is -2.36. The topological polar surface area (TPSA) is 102 Å². The number of ether oxygens (including phenoxy) is 1. The van der Waals surface area contributed by atoms with Gasteiger partial charge in [0.05, 0.1) is 29.5 Å². The fourth-order valence-corrected chi connectivity index (χ4v) is 3.07. The van der Waals surface area contributed by atoms with Gasteiger partial charge in [0.1, 0.15) is 5.69 Å². The minimum Gasteiger partial charge on any atom is -0.481 e. The molecule has 3 rings (SSSR count). The Morgan fingerprint density at radius 1 is 1.28 bits per heavy atom. The summed E-state index contributed by atoms with van der Waals surface area (Å²) in [4.78, 5) is 28.3. The molecule has 2 N–H and O–H groups in total. The molecule has 2 aromatic rings. The third-order valence-electron chi connectivity index (χ3n) is 4.42. The first kappa shape index (κ1) is 17.2. The molecular weight excluding hydrogens is 324 g/mol. The number of nitrogens with zero attached hydrogens (tertiary/aromatic N) is 1. The number of carbonyl (C=O) groups is 2. The zero-order valence-electron chi connectivity index (χ0n) is 13.9. The third-order valence-corrected chi connectivity index (χ3v) is 4.42. The molecule has 0 aliphatic carbocycles. The molecule has 0 radical (unpaired) electrons. The molecule has 1 saturated heterocycles. The molecule has 1 aliphatic heterocycles. The van der Waals surface area contributed by atoms with E-state index in [1.54, 1.807) is 37.5 Å². The van der Waals surface area contributed by atoms with Crippen LogP contribution in [-0.2, 0) is 9.53 Å². The quantitative estimate of drug-likeness (QED) is 0.863. The number of hydrogen-bond acceptors (Lipinski definition) is 5. The van der Waals surface area contributed by atoms with Gasteiger partial charge in [-0.15, -0.1) is 0 Å². The molecule has 0 bridgehead atoms. The predicted molar refractivity (Wildman–Crippen MR) is 89.2 cm³/mol. The van der Waals surface area contributed by atoms with Crippen molar-refractivity contribution in [1.82, 2.24) is 10.3 Å². The molecule has 0 spiro atoms. The van der Waals surface area contributed by atoms with Crippen molar-refractivity contribution in [1.29, 1.82) is 0 Å². The van der Waals surface area contributed by atoms with E-state index in [1.165, 1.54) is 0 Å². The average molecular weight is 344 g/mol. The summed E-state index contributed by atoms with van der Waals surface area (Å²) in [5.74, 6) is -0.633. The van der Waals surface area contributed by atoms with E-state index in [1.807, 2.05) is 0 Å². The van der Waals surface area contributed by atoms with Gasteiger partial charge in [-0.2, -0.15) is 0 Å². The average Bonchev–Trinajstić information content (AvgIpc) is 3.09. The maximum Gasteiger partial charge on any atom is 0.305 e. The number of carboxylic acid groups (broad SMARTS) is 1. The van der Waals surface area contributed by atoms with Crippen LogP contribution in [0.15, 0.2) is 34.9 Å². The summed E-state index contributed by atoms with van der Waals surface area (Å²) >= 11 is 0. The Hall–Kier alpha value is -2.67. The minimum atomic E-state index is -0.940. The normalized spacial score (nSPS) is 16.4. The molecule has 132 valence electrons. The monoisotopic (exact) mass is 344 g/mol. The summed E-state index contributed by atoms with van der Waals surface area (Å²) in [5, 5.41) is 12.1. The van der Waals surface area contributed by atoms with Gasteiger partial charge in [0, 0.05) is 13.2 Å². The molecule has 7 heteroatoms. The number of aryl methyl sites for hydroxylation is 1. The van der Waals surface area contributed by atoms with E-state index < -0.39 is 11.5 Å². The SMILES string of the molecule is Cc1nc(-c2ccco2)ccc1C(=O)NC1(CC(=O)O)CCOCC1. The van der Waals surface area contributed by atoms with Crippen molar-refractivity contribution in [2.24, 2.45) is 0 Å². The van der Waals surface area contributed by atoms with Crippen LogP contribution in [0, 0.1) is 6.92 Å². The standard InChI is InChI=1S/C18H20N2O5/c1-12-13(4-5-14(19-12)15-3-2-8-25-15)17(23)20-18(11-16(21)22)6-9-24-10-7-18/h2-5,8H,6-7,9-11H2,1H3,(H,20,23)(H,21,22). The first-order valence-corrected chi connectivity index (χ1v) is 8.13. The van der Waals surface area contributed by atoms with Crippen molar-refractivity contribution in [2.45, 2.75) is 31.7 Å². The van der Waals surface area contributed by atoms with Crippen LogP contribution < -0.4 is 5.32 Å². The number of hydrogen-bond donors (Lipinski definition) is 2. The van der Waals surface area contributed by atoms with Crippen molar-refractivity contribution in [3.63, 3.8) is 0 Å². The van der Waals surface area contributed by atoms with Gasteiger partial charge in [0.15, 0.2) is 5.76 Å². The second kappa shape index (κ2) is 7.06. The number of aromatic nitrogens is 1. The lowest BCUT2D eigenvalue weighted by Crippen LogP contribution is -2.53. The highest BCUT2D eigenvalue weighted by molar-refractivity contribution is 5.96. The minimum absolute atomic E-state index is 0.126. The van der Waals surface area contributed by atoms with Crippen molar-refractivity contribution in [3.05, 3.63) is 41.8 Å². The van der Waals surface area contributed by atoms with Gasteiger partial charge in [-0.05, 0) is 44.0 Å². The van der Waals surface area contributed by atoms with Crippen LogP contribution in [0.1, 0.15) is 35.3 Å². The first-order valence-electron chi connectivity index (χ1n) is 8.13. The second-order valence-corrected chi connectivity index (χ2v) is 6.22. The Bertz CT molecular complexity index is 764. The van der Waals surface area contributed by atoms with Gasteiger partial charge >= 0.3 is 5.97 Å². The van der Waals surface area contributed by atoms with Crippen molar-refractivity contribution >= 4 is 11.9 Å². The molecule has 0 unspecified atom stereocenters. The highest BCUT2D eigenvalue weighted by Gasteiger charge is 2.37.